The fourth-order valence-corrected chi connectivity index (χ4v) is 3.54. The van der Waals surface area contributed by atoms with Crippen LogP contribution in [-0.2, 0) is 0 Å². The molecule has 0 radical (unpaired) electrons. The molecule has 1 saturated carbocycles. The van der Waals surface area contributed by atoms with Crippen LogP contribution < -0.4 is 0 Å². The van der Waals surface area contributed by atoms with Crippen molar-refractivity contribution in [2.24, 2.45) is 17.8 Å². The van der Waals surface area contributed by atoms with E-state index < -0.39 is 6.10 Å². The molecule has 1 N–H and O–H groups in total. The molecule has 0 amide bonds. The summed E-state index contributed by atoms with van der Waals surface area (Å²) in [5, 5.41) is 11.3. The molecule has 1 atom stereocenters. The summed E-state index contributed by atoms with van der Waals surface area (Å²) in [6.07, 6.45) is 3.85. The number of furan rings is 1. The molecule has 2 nitrogen and oxygen atoms in total. The Morgan fingerprint density at radius 3 is 2.43 bits per heavy atom. The molecule has 114 valence electrons. The van der Waals surface area contributed by atoms with Gasteiger partial charge in [0.1, 0.15) is 23.3 Å². The molecule has 1 aromatic heterocycles. The van der Waals surface area contributed by atoms with Gasteiger partial charge in [0, 0.05) is 5.39 Å². The Morgan fingerprint density at radius 1 is 1.10 bits per heavy atom. The van der Waals surface area contributed by atoms with Gasteiger partial charge >= 0.3 is 0 Å². The van der Waals surface area contributed by atoms with Crippen molar-refractivity contribution in [1.29, 1.82) is 0 Å². The zero-order valence-corrected chi connectivity index (χ0v) is 12.7. The Labute approximate surface area is 125 Å². The van der Waals surface area contributed by atoms with Crippen LogP contribution in [0.15, 0.2) is 28.7 Å². The first-order chi connectivity index (χ1) is 10.0. The summed E-state index contributed by atoms with van der Waals surface area (Å²) < 4.78 is 18.9. The van der Waals surface area contributed by atoms with Gasteiger partial charge in [-0.15, -0.1) is 0 Å². The van der Waals surface area contributed by atoms with Crippen molar-refractivity contribution in [2.75, 3.05) is 0 Å². The quantitative estimate of drug-likeness (QED) is 0.856. The average molecular weight is 290 g/mol. The first-order valence-corrected chi connectivity index (χ1v) is 7.91. The molecule has 3 heteroatoms. The van der Waals surface area contributed by atoms with Gasteiger partial charge in [-0.2, -0.15) is 0 Å². The van der Waals surface area contributed by atoms with Crippen LogP contribution in [0.25, 0.3) is 11.0 Å². The highest BCUT2D eigenvalue weighted by atomic mass is 19.1. The zero-order chi connectivity index (χ0) is 15.0. The lowest BCUT2D eigenvalue weighted by Crippen LogP contribution is -2.22. The Bertz CT molecular complexity index is 609. The van der Waals surface area contributed by atoms with E-state index in [0.29, 0.717) is 11.3 Å². The van der Waals surface area contributed by atoms with Crippen LogP contribution in [0.1, 0.15) is 51.4 Å². The maximum absolute atomic E-state index is 13.2. The normalized spacial score (nSPS) is 24.6. The van der Waals surface area contributed by atoms with Crippen molar-refractivity contribution in [1.82, 2.24) is 0 Å². The molecule has 0 saturated heterocycles. The fourth-order valence-electron chi connectivity index (χ4n) is 3.54. The second-order valence-corrected chi connectivity index (χ2v) is 6.69. The number of halogens is 1. The summed E-state index contributed by atoms with van der Waals surface area (Å²) in [6, 6.07) is 6.23. The van der Waals surface area contributed by atoms with Crippen LogP contribution in [0, 0.1) is 23.6 Å². The van der Waals surface area contributed by atoms with E-state index in [0.717, 1.165) is 30.1 Å². The monoisotopic (exact) mass is 290 g/mol. The molecule has 1 fully saturated rings. The first-order valence-electron chi connectivity index (χ1n) is 7.91. The smallest absolute Gasteiger partial charge is 0.134 e. The van der Waals surface area contributed by atoms with Crippen LogP contribution in [0.5, 0.6) is 0 Å². The Balaban J connectivity index is 1.73. The second kappa shape index (κ2) is 5.80. The molecule has 21 heavy (non-hydrogen) atoms. The van der Waals surface area contributed by atoms with E-state index in [4.69, 9.17) is 4.42 Å². The Hall–Kier alpha value is -1.35. The van der Waals surface area contributed by atoms with E-state index in [1.807, 2.05) is 0 Å². The lowest BCUT2D eigenvalue weighted by molar-refractivity contribution is 0.0515. The minimum absolute atomic E-state index is 0.255. The third-order valence-corrected chi connectivity index (χ3v) is 4.99. The summed E-state index contributed by atoms with van der Waals surface area (Å²) in [7, 11) is 0. The Morgan fingerprint density at radius 2 is 1.76 bits per heavy atom. The topological polar surface area (TPSA) is 33.4 Å². The van der Waals surface area contributed by atoms with E-state index >= 15 is 0 Å². The van der Waals surface area contributed by atoms with E-state index in [1.165, 1.54) is 25.0 Å². The van der Waals surface area contributed by atoms with Crippen LogP contribution in [-0.4, -0.2) is 5.11 Å². The molecule has 2 aromatic rings. The molecule has 3 rings (SSSR count). The first kappa shape index (κ1) is 14.6. The van der Waals surface area contributed by atoms with Gasteiger partial charge in [-0.25, -0.2) is 4.39 Å². The summed E-state index contributed by atoms with van der Waals surface area (Å²) in [5.41, 5.74) is 0.640. The van der Waals surface area contributed by atoms with Gasteiger partial charge in [0.05, 0.1) is 0 Å². The molecular formula is C18H23FO2. The number of aliphatic hydroxyl groups excluding tert-OH is 1. The van der Waals surface area contributed by atoms with Gasteiger partial charge in [0.15, 0.2) is 0 Å². The van der Waals surface area contributed by atoms with Crippen molar-refractivity contribution < 1.29 is 13.9 Å². The third kappa shape index (κ3) is 2.98. The number of benzene rings is 1. The number of hydrogen-bond acceptors (Lipinski definition) is 2. The number of rotatable bonds is 3. The number of fused-ring (bicyclic) bond motifs is 1. The van der Waals surface area contributed by atoms with Gasteiger partial charge in [0.2, 0.25) is 0 Å². The van der Waals surface area contributed by atoms with E-state index in [9.17, 15) is 9.50 Å². The largest absolute Gasteiger partial charge is 0.458 e. The predicted molar refractivity (Wildman–Crippen MR) is 81.4 cm³/mol. The lowest BCUT2D eigenvalue weighted by Gasteiger charge is -2.32. The number of hydrogen-bond donors (Lipinski definition) is 1. The van der Waals surface area contributed by atoms with Crippen LogP contribution in [0.4, 0.5) is 4.39 Å². The minimum atomic E-state index is -0.575. The van der Waals surface area contributed by atoms with Gasteiger partial charge in [-0.1, -0.05) is 13.8 Å². The van der Waals surface area contributed by atoms with Crippen LogP contribution >= 0.6 is 0 Å². The fraction of sp³-hybridized carbons (Fsp3) is 0.556. The minimum Gasteiger partial charge on any atom is -0.458 e. The maximum atomic E-state index is 13.2. The van der Waals surface area contributed by atoms with Gasteiger partial charge in [-0.05, 0) is 67.7 Å². The van der Waals surface area contributed by atoms with Gasteiger partial charge in [-0.3, -0.25) is 0 Å². The summed E-state index contributed by atoms with van der Waals surface area (Å²) >= 11 is 0. The van der Waals surface area contributed by atoms with Crippen LogP contribution in [0.3, 0.4) is 0 Å². The summed E-state index contributed by atoms with van der Waals surface area (Å²) in [4.78, 5) is 0. The van der Waals surface area contributed by atoms with Crippen molar-refractivity contribution in [2.45, 2.75) is 45.6 Å². The highest BCUT2D eigenvalue weighted by molar-refractivity contribution is 5.77. The summed E-state index contributed by atoms with van der Waals surface area (Å²) in [5.74, 6) is 2.05. The molecule has 1 aliphatic carbocycles. The third-order valence-electron chi connectivity index (χ3n) is 4.99. The van der Waals surface area contributed by atoms with Crippen molar-refractivity contribution in [3.63, 3.8) is 0 Å². The van der Waals surface area contributed by atoms with Gasteiger partial charge in [0.25, 0.3) is 0 Å². The molecule has 1 aliphatic rings. The standard InChI is InChI=1S/C18H23FO2/c1-11(2)12-3-5-13(6-4-12)18(20)17-10-14-9-15(19)7-8-16(14)21-17/h7-13,18,20H,3-6H2,1-2H3. The SMILES string of the molecule is CC(C)C1CCC(C(O)c2cc3cc(F)ccc3o2)CC1. The van der Waals surface area contributed by atoms with E-state index in [2.05, 4.69) is 13.8 Å². The molecular weight excluding hydrogens is 267 g/mol. The van der Waals surface area contributed by atoms with Crippen molar-refractivity contribution in [3.05, 3.63) is 35.8 Å². The average Bonchev–Trinajstić information content (AvgIpc) is 2.89. The highest BCUT2D eigenvalue weighted by Gasteiger charge is 2.30. The van der Waals surface area contributed by atoms with Crippen molar-refractivity contribution >= 4 is 11.0 Å². The van der Waals surface area contributed by atoms with Crippen LogP contribution in [0.2, 0.25) is 0 Å². The molecule has 1 aromatic carbocycles. The maximum Gasteiger partial charge on any atom is 0.134 e. The second-order valence-electron chi connectivity index (χ2n) is 6.69. The summed E-state index contributed by atoms with van der Waals surface area (Å²) in [6.45, 7) is 4.55. The Kier molecular flexibility index (Phi) is 4.03. The lowest BCUT2D eigenvalue weighted by atomic mass is 9.75. The highest BCUT2D eigenvalue weighted by Crippen LogP contribution is 2.40. The zero-order valence-electron chi connectivity index (χ0n) is 12.7. The molecule has 0 bridgehead atoms. The molecule has 0 spiro atoms. The predicted octanol–water partition coefficient (Wildman–Crippen LogP) is 5.07. The molecule has 1 unspecified atom stereocenters. The number of aliphatic hydroxyl groups is 1. The van der Waals surface area contributed by atoms with E-state index in [1.54, 1.807) is 12.1 Å². The van der Waals surface area contributed by atoms with Crippen molar-refractivity contribution in [3.8, 4) is 0 Å². The molecule has 0 aliphatic heterocycles. The molecule has 1 heterocycles. The van der Waals surface area contributed by atoms with Gasteiger partial charge < -0.3 is 9.52 Å². The van der Waals surface area contributed by atoms with E-state index in [-0.39, 0.29) is 11.7 Å².